The van der Waals surface area contributed by atoms with E-state index in [1.54, 1.807) is 34.9 Å². The van der Waals surface area contributed by atoms with Gasteiger partial charge in [0.15, 0.2) is 5.82 Å². The minimum Gasteiger partial charge on any atom is -0.392 e. The number of non-ortho nitro benzene ring substituents is 1. The Labute approximate surface area is 143 Å². The van der Waals surface area contributed by atoms with Gasteiger partial charge in [-0.3, -0.25) is 14.5 Å². The second-order valence-electron chi connectivity index (χ2n) is 5.87. The first-order chi connectivity index (χ1) is 12.0. The molecule has 0 amide bonds. The van der Waals surface area contributed by atoms with E-state index in [1.807, 2.05) is 13.8 Å². The summed E-state index contributed by atoms with van der Waals surface area (Å²) in [4.78, 5) is 15.0. The quantitative estimate of drug-likeness (QED) is 0.425. The zero-order chi connectivity index (χ0) is 18.0. The van der Waals surface area contributed by atoms with Crippen LogP contribution < -0.4 is 0 Å². The maximum absolute atomic E-state index is 10.9. The number of nitro benzene ring substituents is 1. The molecule has 0 aliphatic carbocycles. The lowest BCUT2D eigenvalue weighted by Gasteiger charge is -2.02. The zero-order valence-corrected chi connectivity index (χ0v) is 13.8. The van der Waals surface area contributed by atoms with Crippen molar-refractivity contribution in [1.29, 1.82) is 0 Å². The summed E-state index contributed by atoms with van der Waals surface area (Å²) in [5, 5.41) is 28.6. The molecule has 0 atom stereocenters. The normalized spacial score (nSPS) is 11.7. The summed E-state index contributed by atoms with van der Waals surface area (Å²) >= 11 is 0. The van der Waals surface area contributed by atoms with Crippen LogP contribution in [0.1, 0.15) is 31.0 Å². The largest absolute Gasteiger partial charge is 0.392 e. The first-order valence-electron chi connectivity index (χ1n) is 7.77. The van der Waals surface area contributed by atoms with E-state index in [2.05, 4.69) is 15.2 Å². The lowest BCUT2D eigenvalue weighted by atomic mass is 10.1. The molecule has 3 rings (SSSR count). The summed E-state index contributed by atoms with van der Waals surface area (Å²) in [5.41, 5.74) is 2.56. The molecular weight excluding hydrogens is 322 g/mol. The number of pyridine rings is 1. The van der Waals surface area contributed by atoms with Gasteiger partial charge in [-0.1, -0.05) is 19.9 Å². The Morgan fingerprint density at radius 3 is 2.76 bits per heavy atom. The summed E-state index contributed by atoms with van der Waals surface area (Å²) in [5.74, 6) is 0.692. The lowest BCUT2D eigenvalue weighted by Crippen LogP contribution is -1.89. The van der Waals surface area contributed by atoms with Crippen LogP contribution in [0.3, 0.4) is 0 Å². The van der Waals surface area contributed by atoms with Gasteiger partial charge in [0.2, 0.25) is 0 Å². The van der Waals surface area contributed by atoms with Crippen molar-refractivity contribution < 1.29 is 10.0 Å². The Bertz CT molecular complexity index is 962. The number of nitro groups is 1. The van der Waals surface area contributed by atoms with Crippen molar-refractivity contribution in [3.05, 3.63) is 64.0 Å². The van der Waals surface area contributed by atoms with E-state index < -0.39 is 4.92 Å². The molecule has 0 unspecified atom stereocenters. The monoisotopic (exact) mass is 339 g/mol. The Balaban J connectivity index is 2.06. The van der Waals surface area contributed by atoms with Crippen molar-refractivity contribution in [2.45, 2.75) is 26.4 Å². The maximum atomic E-state index is 10.9. The number of hydrogen-bond donors (Lipinski definition) is 1. The SMILES string of the molecule is CC(C)c1nc2cc(CO)ccn2c1N=Nc1cccc([N+](=O)[O-])c1. The number of rotatable bonds is 5. The van der Waals surface area contributed by atoms with Gasteiger partial charge in [-0.05, 0) is 29.7 Å². The average Bonchev–Trinajstić information content (AvgIpc) is 2.98. The van der Waals surface area contributed by atoms with E-state index >= 15 is 0 Å². The summed E-state index contributed by atoms with van der Waals surface area (Å²) < 4.78 is 1.79. The van der Waals surface area contributed by atoms with Gasteiger partial charge in [0.1, 0.15) is 5.65 Å². The van der Waals surface area contributed by atoms with Crippen LogP contribution >= 0.6 is 0 Å². The Kier molecular flexibility index (Phi) is 4.53. The first kappa shape index (κ1) is 16.7. The summed E-state index contributed by atoms with van der Waals surface area (Å²) in [7, 11) is 0. The van der Waals surface area contributed by atoms with Gasteiger partial charge in [0.05, 0.1) is 22.9 Å². The van der Waals surface area contributed by atoms with Crippen LogP contribution in [-0.2, 0) is 6.61 Å². The summed E-state index contributed by atoms with van der Waals surface area (Å²) in [6.45, 7) is 3.94. The minimum atomic E-state index is -0.469. The highest BCUT2D eigenvalue weighted by Crippen LogP contribution is 2.30. The molecule has 0 spiro atoms. The van der Waals surface area contributed by atoms with Crippen LogP contribution in [0, 0.1) is 10.1 Å². The highest BCUT2D eigenvalue weighted by molar-refractivity contribution is 5.55. The van der Waals surface area contributed by atoms with E-state index in [-0.39, 0.29) is 18.2 Å². The lowest BCUT2D eigenvalue weighted by molar-refractivity contribution is -0.384. The van der Waals surface area contributed by atoms with Gasteiger partial charge in [0.25, 0.3) is 5.69 Å². The predicted octanol–water partition coefficient (Wildman–Crippen LogP) is 4.27. The molecule has 8 heteroatoms. The van der Waals surface area contributed by atoms with Crippen LogP contribution in [0.15, 0.2) is 52.8 Å². The molecule has 0 bridgehead atoms. The average molecular weight is 339 g/mol. The molecule has 0 saturated heterocycles. The molecule has 25 heavy (non-hydrogen) atoms. The minimum absolute atomic E-state index is 0.0359. The fraction of sp³-hybridized carbons (Fsp3) is 0.235. The summed E-state index contributed by atoms with van der Waals surface area (Å²) in [6, 6.07) is 9.56. The second kappa shape index (κ2) is 6.78. The van der Waals surface area contributed by atoms with Crippen LogP contribution in [0.2, 0.25) is 0 Å². The molecule has 0 aliphatic rings. The topological polar surface area (TPSA) is 105 Å². The predicted molar refractivity (Wildman–Crippen MR) is 92.5 cm³/mol. The van der Waals surface area contributed by atoms with Crippen molar-refractivity contribution in [3.63, 3.8) is 0 Å². The van der Waals surface area contributed by atoms with Gasteiger partial charge < -0.3 is 5.11 Å². The van der Waals surface area contributed by atoms with Crippen LogP contribution in [0.4, 0.5) is 17.2 Å². The molecule has 1 N–H and O–H groups in total. The van der Waals surface area contributed by atoms with Gasteiger partial charge in [0, 0.05) is 18.3 Å². The van der Waals surface area contributed by atoms with E-state index in [9.17, 15) is 15.2 Å². The number of aromatic nitrogens is 2. The second-order valence-corrected chi connectivity index (χ2v) is 5.87. The third-order valence-corrected chi connectivity index (χ3v) is 3.72. The highest BCUT2D eigenvalue weighted by Gasteiger charge is 2.15. The van der Waals surface area contributed by atoms with Gasteiger partial charge in [-0.2, -0.15) is 0 Å². The Hall–Kier alpha value is -3.13. The maximum Gasteiger partial charge on any atom is 0.271 e. The molecule has 0 radical (unpaired) electrons. The van der Waals surface area contributed by atoms with Crippen LogP contribution in [0.5, 0.6) is 0 Å². The van der Waals surface area contributed by atoms with Gasteiger partial charge in [-0.25, -0.2) is 4.98 Å². The fourth-order valence-electron chi connectivity index (χ4n) is 2.45. The van der Waals surface area contributed by atoms with E-state index in [1.165, 1.54) is 12.1 Å². The van der Waals surface area contributed by atoms with Crippen molar-refractivity contribution in [2.24, 2.45) is 10.2 Å². The number of hydrogen-bond acceptors (Lipinski definition) is 6. The van der Waals surface area contributed by atoms with Gasteiger partial charge in [-0.15, -0.1) is 10.2 Å². The van der Waals surface area contributed by atoms with Crippen molar-refractivity contribution in [3.8, 4) is 0 Å². The number of azo groups is 1. The number of benzene rings is 1. The number of nitrogens with zero attached hydrogens (tertiary/aromatic N) is 5. The fourth-order valence-corrected chi connectivity index (χ4v) is 2.45. The summed E-state index contributed by atoms with van der Waals surface area (Å²) in [6.07, 6.45) is 1.78. The molecule has 0 aliphatic heterocycles. The Morgan fingerprint density at radius 1 is 1.28 bits per heavy atom. The molecule has 2 heterocycles. The Morgan fingerprint density at radius 2 is 2.08 bits per heavy atom. The zero-order valence-electron chi connectivity index (χ0n) is 13.8. The third-order valence-electron chi connectivity index (χ3n) is 3.72. The number of aliphatic hydroxyl groups excluding tert-OH is 1. The van der Waals surface area contributed by atoms with Crippen molar-refractivity contribution >= 4 is 22.8 Å². The van der Waals surface area contributed by atoms with E-state index in [4.69, 9.17) is 0 Å². The third kappa shape index (κ3) is 3.38. The number of fused-ring (bicyclic) bond motifs is 1. The number of imidazole rings is 1. The molecule has 3 aromatic rings. The van der Waals surface area contributed by atoms with Crippen molar-refractivity contribution in [1.82, 2.24) is 9.38 Å². The molecule has 2 aromatic heterocycles. The molecule has 128 valence electrons. The van der Waals surface area contributed by atoms with E-state index in [0.717, 1.165) is 11.3 Å². The highest BCUT2D eigenvalue weighted by atomic mass is 16.6. The van der Waals surface area contributed by atoms with Gasteiger partial charge >= 0.3 is 0 Å². The van der Waals surface area contributed by atoms with Crippen molar-refractivity contribution in [2.75, 3.05) is 0 Å². The first-order valence-corrected chi connectivity index (χ1v) is 7.77. The standard InChI is InChI=1S/C17H17N5O3/c1-11(2)16-17(21-7-6-12(10-23)8-15(21)18-16)20-19-13-4-3-5-14(9-13)22(24)25/h3-9,11,23H,10H2,1-2H3. The molecule has 0 saturated carbocycles. The molecule has 8 nitrogen and oxygen atoms in total. The van der Waals surface area contributed by atoms with Crippen LogP contribution in [0.25, 0.3) is 5.65 Å². The number of aliphatic hydroxyl groups is 1. The smallest absolute Gasteiger partial charge is 0.271 e. The molecule has 0 fully saturated rings. The van der Waals surface area contributed by atoms with E-state index in [0.29, 0.717) is 17.2 Å². The molecular formula is C17H17N5O3. The molecule has 1 aromatic carbocycles. The van der Waals surface area contributed by atoms with Crippen LogP contribution in [-0.4, -0.2) is 19.4 Å².